The van der Waals surface area contributed by atoms with Crippen molar-refractivity contribution < 1.29 is 0 Å². The van der Waals surface area contributed by atoms with E-state index in [1.807, 2.05) is 6.08 Å². The topological polar surface area (TPSA) is 93.4 Å². The van der Waals surface area contributed by atoms with Crippen LogP contribution in [0.15, 0.2) is 140 Å². The summed E-state index contributed by atoms with van der Waals surface area (Å²) < 4.78 is 0. The highest BCUT2D eigenvalue weighted by atomic mass is 15.1. The van der Waals surface area contributed by atoms with Crippen molar-refractivity contribution in [3.63, 3.8) is 0 Å². The van der Waals surface area contributed by atoms with E-state index in [1.165, 1.54) is 22.3 Å². The number of nitrogens with one attached hydrogen (secondary N) is 2. The summed E-state index contributed by atoms with van der Waals surface area (Å²) in [7, 11) is 0. The second-order valence-corrected chi connectivity index (χ2v) is 15.4. The predicted molar refractivity (Wildman–Crippen MR) is 232 cm³/mol. The highest BCUT2D eigenvalue weighted by Gasteiger charge is 2.26. The van der Waals surface area contributed by atoms with Crippen molar-refractivity contribution in [2.75, 3.05) is 0 Å². The zero-order chi connectivity index (χ0) is 37.2. The van der Waals surface area contributed by atoms with Gasteiger partial charge in [-0.3, -0.25) is 0 Å². The molecular formula is C50H31N7. The number of aryl methyl sites for hydroxylation is 2. The minimum Gasteiger partial charge on any atom is -0.339 e. The van der Waals surface area contributed by atoms with Crippen LogP contribution in [0, 0.1) is 0 Å². The largest absolute Gasteiger partial charge is 0.339 e. The quantitative estimate of drug-likeness (QED) is 0.146. The molecule has 2 aliphatic carbocycles. The highest BCUT2D eigenvalue weighted by molar-refractivity contribution is 6.25. The van der Waals surface area contributed by atoms with E-state index >= 15 is 0 Å². The first-order valence-corrected chi connectivity index (χ1v) is 19.6. The molecule has 0 amide bonds. The fourth-order valence-corrected chi connectivity index (χ4v) is 9.16. The first kappa shape index (κ1) is 30.8. The molecule has 8 aromatic rings. The summed E-state index contributed by atoms with van der Waals surface area (Å²) in [5.74, 6) is 2.61. The van der Waals surface area contributed by atoms with Gasteiger partial charge in [-0.05, 0) is 118 Å². The molecule has 5 heterocycles. The maximum atomic E-state index is 5.36. The zero-order valence-corrected chi connectivity index (χ0v) is 30.7. The van der Waals surface area contributed by atoms with Crippen LogP contribution in [-0.2, 0) is 12.8 Å². The van der Waals surface area contributed by atoms with Crippen LogP contribution in [0.2, 0.25) is 0 Å². The average Bonchev–Trinajstić information content (AvgIpc) is 3.97. The predicted octanol–water partition coefficient (Wildman–Crippen LogP) is 10.1. The smallest absolute Gasteiger partial charge is 0.164 e. The number of aliphatic imine (C=N–C) groups is 3. The van der Waals surface area contributed by atoms with Crippen molar-refractivity contribution in [1.82, 2.24) is 9.97 Å². The van der Waals surface area contributed by atoms with Gasteiger partial charge in [0, 0.05) is 49.9 Å². The SMILES string of the molecule is C1=Cc2[nH]c(c3cc4ccccc4cc23)N=C2N=C(N=c3[nH]c(c4cc5c(cc34)C=CCC5)=NC3=NC=1c1cc4c(cc13)CCC=C4)c1cc3ccccc3cc12. The standard InChI is InChI=1S/C50H31N7/c1-3-11-29-21-37-35(19-27(29)9-1)43-17-18-44-36-20-28-10-2-4-12-30(28)22-38(36)46(52-44)54-48-40-24-32-14-6-8-16-34(32)26-42(40)50(56-48)57-49-41-25-33-15-7-5-13-31(33)23-39(41)47(55-49)53-45(37)51-43/h1-3,5,7-11,13,15-17,19-26,51H,4,6,12,14H2,(H,52,53,54,55,56,57). The fourth-order valence-electron chi connectivity index (χ4n) is 9.16. The number of allylic oxidation sites excluding steroid dienone is 2. The van der Waals surface area contributed by atoms with Gasteiger partial charge in [0.25, 0.3) is 0 Å². The Morgan fingerprint density at radius 1 is 0.474 bits per heavy atom. The summed E-state index contributed by atoms with van der Waals surface area (Å²) in [5.41, 5.74) is 15.7. The Hall–Kier alpha value is -7.47. The van der Waals surface area contributed by atoms with Gasteiger partial charge in [-0.2, -0.15) is 0 Å². The van der Waals surface area contributed by atoms with Crippen LogP contribution in [0.4, 0.5) is 5.82 Å². The Balaban J connectivity index is 1.16. The average molecular weight is 730 g/mol. The van der Waals surface area contributed by atoms with Gasteiger partial charge in [-0.1, -0.05) is 78.6 Å². The van der Waals surface area contributed by atoms with E-state index in [0.29, 0.717) is 23.0 Å². The van der Waals surface area contributed by atoms with Crippen LogP contribution in [0.25, 0.3) is 67.0 Å². The van der Waals surface area contributed by atoms with Crippen LogP contribution in [0.5, 0.6) is 0 Å². The van der Waals surface area contributed by atoms with Crippen molar-refractivity contribution in [3.8, 4) is 0 Å². The maximum Gasteiger partial charge on any atom is 0.164 e. The zero-order valence-electron chi connectivity index (χ0n) is 30.7. The van der Waals surface area contributed by atoms with Crippen LogP contribution in [0.1, 0.15) is 63.0 Å². The molecule has 0 fully saturated rings. The Kier molecular flexibility index (Phi) is 6.23. The lowest BCUT2D eigenvalue weighted by Gasteiger charge is -2.12. The van der Waals surface area contributed by atoms with Gasteiger partial charge in [-0.25, -0.2) is 25.0 Å². The highest BCUT2D eigenvalue weighted by Crippen LogP contribution is 2.38. The molecular weight excluding hydrogens is 699 g/mol. The molecule has 0 spiro atoms. The van der Waals surface area contributed by atoms with Gasteiger partial charge in [0.15, 0.2) is 17.5 Å². The molecule has 2 aromatic heterocycles. The number of H-pyrrole nitrogens is 2. The van der Waals surface area contributed by atoms with E-state index in [0.717, 1.165) is 114 Å². The summed E-state index contributed by atoms with van der Waals surface area (Å²) in [6, 6.07) is 34.8. The number of fused-ring (bicyclic) bond motifs is 22. The lowest BCUT2D eigenvalue weighted by atomic mass is 9.92. The number of hydrogen-bond donors (Lipinski definition) is 2. The number of aromatic amines is 2. The summed E-state index contributed by atoms with van der Waals surface area (Å²) in [6.45, 7) is 0. The molecule has 266 valence electrons. The molecule has 57 heavy (non-hydrogen) atoms. The van der Waals surface area contributed by atoms with Crippen molar-refractivity contribution >= 4 is 90.3 Å². The van der Waals surface area contributed by atoms with E-state index < -0.39 is 0 Å². The van der Waals surface area contributed by atoms with Crippen molar-refractivity contribution in [2.45, 2.75) is 25.7 Å². The van der Waals surface area contributed by atoms with E-state index in [2.05, 4.69) is 137 Å². The Morgan fingerprint density at radius 2 is 1.05 bits per heavy atom. The lowest BCUT2D eigenvalue weighted by Crippen LogP contribution is -2.15. The summed E-state index contributed by atoms with van der Waals surface area (Å²) >= 11 is 0. The van der Waals surface area contributed by atoms with Gasteiger partial charge in [0.2, 0.25) is 0 Å². The molecule has 5 aliphatic rings. The molecule has 7 heteroatoms. The number of rotatable bonds is 0. The van der Waals surface area contributed by atoms with E-state index in [9.17, 15) is 0 Å². The second kappa shape index (κ2) is 11.5. The maximum absolute atomic E-state index is 5.36. The summed E-state index contributed by atoms with van der Waals surface area (Å²) in [6.07, 6.45) is 15.0. The first-order valence-electron chi connectivity index (χ1n) is 19.6. The van der Waals surface area contributed by atoms with E-state index in [1.54, 1.807) is 0 Å². The van der Waals surface area contributed by atoms with E-state index in [4.69, 9.17) is 25.0 Å². The summed E-state index contributed by atoms with van der Waals surface area (Å²) in [4.78, 5) is 33.8. The van der Waals surface area contributed by atoms with Gasteiger partial charge >= 0.3 is 0 Å². The Labute approximate surface area is 326 Å². The molecule has 0 radical (unpaired) electrons. The molecule has 7 nitrogen and oxygen atoms in total. The number of benzene rings is 6. The first-order chi connectivity index (χ1) is 28.2. The normalized spacial score (nSPS) is 16.0. The number of nitrogens with zero attached hydrogens (tertiary/aromatic N) is 5. The van der Waals surface area contributed by atoms with Gasteiger partial charge in [-0.15, -0.1) is 0 Å². The molecule has 3 aliphatic heterocycles. The number of amidine groups is 3. The molecule has 0 unspecified atom stereocenters. The lowest BCUT2D eigenvalue weighted by molar-refractivity contribution is 0.984. The third-order valence-electron chi connectivity index (χ3n) is 12.0. The summed E-state index contributed by atoms with van der Waals surface area (Å²) in [5, 5.41) is 8.61. The van der Waals surface area contributed by atoms with Crippen molar-refractivity contribution in [1.29, 1.82) is 0 Å². The Bertz CT molecular complexity index is 3560. The molecule has 8 bridgehead atoms. The van der Waals surface area contributed by atoms with Crippen molar-refractivity contribution in [3.05, 3.63) is 176 Å². The molecule has 0 saturated heterocycles. The van der Waals surface area contributed by atoms with Crippen LogP contribution in [-0.4, -0.2) is 27.5 Å². The molecule has 6 aromatic carbocycles. The fraction of sp³-hybridized carbons (Fsp3) is 0.0800. The van der Waals surface area contributed by atoms with E-state index in [-0.39, 0.29) is 0 Å². The van der Waals surface area contributed by atoms with Crippen LogP contribution in [0.3, 0.4) is 0 Å². The molecule has 0 atom stereocenters. The third-order valence-corrected chi connectivity index (χ3v) is 12.0. The van der Waals surface area contributed by atoms with Crippen LogP contribution >= 0.6 is 0 Å². The third kappa shape index (κ3) is 4.70. The van der Waals surface area contributed by atoms with Crippen LogP contribution < -0.4 is 11.0 Å². The van der Waals surface area contributed by atoms with Gasteiger partial charge < -0.3 is 9.97 Å². The second-order valence-electron chi connectivity index (χ2n) is 15.4. The van der Waals surface area contributed by atoms with Gasteiger partial charge in [0.05, 0.1) is 5.69 Å². The van der Waals surface area contributed by atoms with Crippen molar-refractivity contribution in [2.24, 2.45) is 25.0 Å². The molecule has 13 rings (SSSR count). The number of hydrogen-bond acceptors (Lipinski definition) is 5. The van der Waals surface area contributed by atoms with Gasteiger partial charge in [0.1, 0.15) is 22.5 Å². The minimum atomic E-state index is 0.607. The number of aromatic nitrogens is 2. The monoisotopic (exact) mass is 729 g/mol. The minimum absolute atomic E-state index is 0.607. The molecule has 0 saturated carbocycles. The molecule has 2 N–H and O–H groups in total. The Morgan fingerprint density at radius 3 is 1.77 bits per heavy atom.